The van der Waals surface area contributed by atoms with Gasteiger partial charge in [-0.15, -0.1) is 11.3 Å². The molecule has 1 aromatic heterocycles. The molecule has 0 spiro atoms. The van der Waals surface area contributed by atoms with E-state index in [0.29, 0.717) is 12.2 Å². The largest absolute Gasteiger partial charge is 0.490 e. The molecule has 5 heteroatoms. The van der Waals surface area contributed by atoms with E-state index in [2.05, 4.69) is 6.07 Å². The fraction of sp³-hybridized carbons (Fsp3) is 0.353. The standard InChI is InChI=1S/C17H19NO3S/c1-12-6-14(8-18)7-13(2)17(12)21-10-15(19)9-20-11-16-4-3-5-22-16/h3-7,15,19H,9-11H2,1-2H3. The van der Waals surface area contributed by atoms with Gasteiger partial charge < -0.3 is 14.6 Å². The molecule has 22 heavy (non-hydrogen) atoms. The fourth-order valence-electron chi connectivity index (χ4n) is 2.16. The molecule has 116 valence electrons. The molecule has 0 saturated heterocycles. The SMILES string of the molecule is Cc1cc(C#N)cc(C)c1OCC(O)COCc1cccs1. The number of aryl methyl sites for hydroxylation is 2. The van der Waals surface area contributed by atoms with Gasteiger partial charge in [0.2, 0.25) is 0 Å². The molecule has 0 aliphatic rings. The van der Waals surface area contributed by atoms with Crippen molar-refractivity contribution in [3.05, 3.63) is 51.2 Å². The van der Waals surface area contributed by atoms with Crippen LogP contribution in [0.3, 0.4) is 0 Å². The number of hydrogen-bond acceptors (Lipinski definition) is 5. The lowest BCUT2D eigenvalue weighted by Gasteiger charge is -2.16. The van der Waals surface area contributed by atoms with E-state index in [9.17, 15) is 5.11 Å². The minimum absolute atomic E-state index is 0.165. The molecule has 0 aliphatic heterocycles. The smallest absolute Gasteiger partial charge is 0.125 e. The summed E-state index contributed by atoms with van der Waals surface area (Å²) in [5.74, 6) is 0.719. The molecule has 1 unspecified atom stereocenters. The molecule has 0 radical (unpaired) electrons. The first-order valence-corrected chi connectivity index (χ1v) is 7.90. The van der Waals surface area contributed by atoms with Gasteiger partial charge in [0, 0.05) is 4.88 Å². The number of ether oxygens (including phenoxy) is 2. The number of nitrogens with zero attached hydrogens (tertiary/aromatic N) is 1. The zero-order valence-electron chi connectivity index (χ0n) is 12.7. The van der Waals surface area contributed by atoms with Crippen molar-refractivity contribution >= 4 is 11.3 Å². The van der Waals surface area contributed by atoms with E-state index in [0.717, 1.165) is 21.8 Å². The Hall–Kier alpha value is -1.87. The topological polar surface area (TPSA) is 62.5 Å². The summed E-state index contributed by atoms with van der Waals surface area (Å²) in [5.41, 5.74) is 2.40. The van der Waals surface area contributed by atoms with Gasteiger partial charge in [-0.1, -0.05) is 6.07 Å². The van der Waals surface area contributed by atoms with Crippen LogP contribution in [-0.2, 0) is 11.3 Å². The number of thiophene rings is 1. The van der Waals surface area contributed by atoms with Crippen molar-refractivity contribution in [3.63, 3.8) is 0 Å². The van der Waals surface area contributed by atoms with E-state index in [1.165, 1.54) is 0 Å². The summed E-state index contributed by atoms with van der Waals surface area (Å²) < 4.78 is 11.1. The molecule has 1 N–H and O–H groups in total. The molecular formula is C17H19NO3S. The van der Waals surface area contributed by atoms with Crippen molar-refractivity contribution in [2.75, 3.05) is 13.2 Å². The van der Waals surface area contributed by atoms with Crippen molar-refractivity contribution in [1.82, 2.24) is 0 Å². The summed E-state index contributed by atoms with van der Waals surface area (Å²) in [7, 11) is 0. The Morgan fingerprint density at radius 1 is 1.27 bits per heavy atom. The predicted octanol–water partition coefficient (Wildman–Crippen LogP) is 3.19. The van der Waals surface area contributed by atoms with Crippen molar-refractivity contribution < 1.29 is 14.6 Å². The van der Waals surface area contributed by atoms with Crippen molar-refractivity contribution in [1.29, 1.82) is 5.26 Å². The van der Waals surface area contributed by atoms with Crippen molar-refractivity contribution in [3.8, 4) is 11.8 Å². The summed E-state index contributed by atoms with van der Waals surface area (Å²) in [6.07, 6.45) is -0.686. The van der Waals surface area contributed by atoms with Crippen LogP contribution in [0.5, 0.6) is 5.75 Å². The third-order valence-corrected chi connectivity index (χ3v) is 3.99. The van der Waals surface area contributed by atoms with Crippen LogP contribution in [0.15, 0.2) is 29.6 Å². The first kappa shape index (κ1) is 16.5. The molecule has 2 aromatic rings. The first-order valence-electron chi connectivity index (χ1n) is 7.02. The molecule has 2 rings (SSSR count). The average Bonchev–Trinajstić information content (AvgIpc) is 2.99. The van der Waals surface area contributed by atoms with Crippen LogP contribution in [-0.4, -0.2) is 24.4 Å². The lowest BCUT2D eigenvalue weighted by Crippen LogP contribution is -2.23. The maximum absolute atomic E-state index is 9.92. The molecular weight excluding hydrogens is 298 g/mol. The highest BCUT2D eigenvalue weighted by molar-refractivity contribution is 7.09. The van der Waals surface area contributed by atoms with Crippen LogP contribution in [0.25, 0.3) is 0 Å². The van der Waals surface area contributed by atoms with Gasteiger partial charge in [-0.25, -0.2) is 0 Å². The van der Waals surface area contributed by atoms with Crippen LogP contribution < -0.4 is 4.74 Å². The van der Waals surface area contributed by atoms with E-state index in [1.807, 2.05) is 31.4 Å². The van der Waals surface area contributed by atoms with E-state index >= 15 is 0 Å². The van der Waals surface area contributed by atoms with Gasteiger partial charge in [0.05, 0.1) is 24.8 Å². The molecule has 0 saturated carbocycles. The zero-order chi connectivity index (χ0) is 15.9. The van der Waals surface area contributed by atoms with Crippen LogP contribution in [0.4, 0.5) is 0 Å². The van der Waals surface area contributed by atoms with Gasteiger partial charge in [-0.05, 0) is 48.6 Å². The average molecular weight is 317 g/mol. The quantitative estimate of drug-likeness (QED) is 0.852. The van der Waals surface area contributed by atoms with Gasteiger partial charge in [0.1, 0.15) is 18.5 Å². The molecule has 0 bridgehead atoms. The maximum Gasteiger partial charge on any atom is 0.125 e. The van der Waals surface area contributed by atoms with Crippen LogP contribution in [0, 0.1) is 25.2 Å². The zero-order valence-corrected chi connectivity index (χ0v) is 13.5. The molecule has 1 aromatic carbocycles. The lowest BCUT2D eigenvalue weighted by atomic mass is 10.1. The van der Waals surface area contributed by atoms with Crippen LogP contribution >= 0.6 is 11.3 Å². The van der Waals surface area contributed by atoms with E-state index < -0.39 is 6.10 Å². The highest BCUT2D eigenvalue weighted by atomic mass is 32.1. The summed E-state index contributed by atoms with van der Waals surface area (Å²) in [6, 6.07) is 9.65. The minimum atomic E-state index is -0.686. The third-order valence-electron chi connectivity index (χ3n) is 3.14. The Bertz CT molecular complexity index is 623. The molecule has 0 fully saturated rings. The van der Waals surface area contributed by atoms with Crippen LogP contribution in [0.2, 0.25) is 0 Å². The van der Waals surface area contributed by atoms with Gasteiger partial charge in [0.25, 0.3) is 0 Å². The second kappa shape index (κ2) is 7.95. The highest BCUT2D eigenvalue weighted by Crippen LogP contribution is 2.24. The second-order valence-electron chi connectivity index (χ2n) is 5.11. The second-order valence-corrected chi connectivity index (χ2v) is 6.14. The summed E-state index contributed by atoms with van der Waals surface area (Å²) in [4.78, 5) is 1.13. The monoisotopic (exact) mass is 317 g/mol. The van der Waals surface area contributed by atoms with Gasteiger partial charge >= 0.3 is 0 Å². The lowest BCUT2D eigenvalue weighted by molar-refractivity contribution is 0.00602. The molecule has 1 heterocycles. The number of hydrogen-bond donors (Lipinski definition) is 1. The summed E-state index contributed by atoms with van der Waals surface area (Å²) in [6.45, 7) is 4.68. The Labute approximate surface area is 134 Å². The third kappa shape index (κ3) is 4.57. The Kier molecular flexibility index (Phi) is 5.96. The maximum atomic E-state index is 9.92. The number of aliphatic hydroxyl groups is 1. The van der Waals surface area contributed by atoms with Gasteiger partial charge in [-0.3, -0.25) is 0 Å². The number of benzene rings is 1. The number of rotatable bonds is 7. The van der Waals surface area contributed by atoms with Gasteiger partial charge in [0.15, 0.2) is 0 Å². The summed E-state index contributed by atoms with van der Waals surface area (Å²) in [5, 5.41) is 20.8. The number of nitriles is 1. The Balaban J connectivity index is 1.81. The minimum Gasteiger partial charge on any atom is -0.490 e. The molecule has 0 amide bonds. The molecule has 0 aliphatic carbocycles. The van der Waals surface area contributed by atoms with Crippen molar-refractivity contribution in [2.24, 2.45) is 0 Å². The van der Waals surface area contributed by atoms with Gasteiger partial charge in [-0.2, -0.15) is 5.26 Å². The molecule has 1 atom stereocenters. The normalized spacial score (nSPS) is 11.9. The van der Waals surface area contributed by atoms with Crippen LogP contribution in [0.1, 0.15) is 21.6 Å². The molecule has 4 nitrogen and oxygen atoms in total. The first-order chi connectivity index (χ1) is 10.6. The van der Waals surface area contributed by atoms with E-state index in [1.54, 1.807) is 23.5 Å². The van der Waals surface area contributed by atoms with E-state index in [-0.39, 0.29) is 13.2 Å². The van der Waals surface area contributed by atoms with E-state index in [4.69, 9.17) is 14.7 Å². The van der Waals surface area contributed by atoms with Crippen molar-refractivity contribution in [2.45, 2.75) is 26.6 Å². The number of aliphatic hydroxyl groups excluding tert-OH is 1. The predicted molar refractivity (Wildman–Crippen MR) is 86.1 cm³/mol. The highest BCUT2D eigenvalue weighted by Gasteiger charge is 2.10. The Morgan fingerprint density at radius 3 is 2.59 bits per heavy atom. The fourth-order valence-corrected chi connectivity index (χ4v) is 2.80. The summed E-state index contributed by atoms with van der Waals surface area (Å²) >= 11 is 1.63. The Morgan fingerprint density at radius 2 is 2.00 bits per heavy atom.